The van der Waals surface area contributed by atoms with Crippen LogP contribution in [0.2, 0.25) is 0 Å². The number of allylic oxidation sites excluding steroid dienone is 10. The molecule has 1 fully saturated rings. The zero-order valence-corrected chi connectivity index (χ0v) is 45.0. The van der Waals surface area contributed by atoms with E-state index in [1.54, 1.807) is 0 Å². The van der Waals surface area contributed by atoms with Gasteiger partial charge in [-0.05, 0) is 77.0 Å². The Bertz CT molecular complexity index is 1380. The molecule has 0 spiro atoms. The fraction of sp³-hybridized carbons (Fsp3) is 0.807. The van der Waals surface area contributed by atoms with Gasteiger partial charge in [-0.25, -0.2) is 4.57 Å². The van der Waals surface area contributed by atoms with E-state index in [4.69, 9.17) is 18.5 Å². The lowest BCUT2D eigenvalue weighted by Crippen LogP contribution is -2.64. The van der Waals surface area contributed by atoms with Gasteiger partial charge < -0.3 is 39.9 Å². The van der Waals surface area contributed by atoms with Crippen molar-refractivity contribution in [3.05, 3.63) is 60.8 Å². The lowest BCUT2D eigenvalue weighted by Gasteiger charge is -2.41. The maximum absolute atomic E-state index is 12.9. The van der Waals surface area contributed by atoms with Crippen molar-refractivity contribution in [2.24, 2.45) is 0 Å². The number of rotatable bonds is 48. The van der Waals surface area contributed by atoms with Crippen LogP contribution in [0.3, 0.4) is 0 Å². The molecule has 0 radical (unpaired) electrons. The molecule has 1 rings (SSSR count). The summed E-state index contributed by atoms with van der Waals surface area (Å²) < 4.78 is 34.4. The Labute approximate surface area is 426 Å². The van der Waals surface area contributed by atoms with Crippen LogP contribution in [0, 0.1) is 0 Å². The molecule has 0 aromatic carbocycles. The number of carbonyl (C=O) groups is 1. The van der Waals surface area contributed by atoms with Crippen LogP contribution in [0.25, 0.3) is 0 Å². The van der Waals surface area contributed by atoms with Gasteiger partial charge >= 0.3 is 13.8 Å². The van der Waals surface area contributed by atoms with Gasteiger partial charge in [0.05, 0.1) is 13.2 Å². The molecule has 0 aromatic heterocycles. The maximum atomic E-state index is 12.9. The second-order valence-electron chi connectivity index (χ2n) is 19.4. The highest BCUT2D eigenvalue weighted by molar-refractivity contribution is 7.47. The second kappa shape index (κ2) is 46.8. The Kier molecular flexibility index (Phi) is 44.2. The molecule has 0 aliphatic heterocycles. The van der Waals surface area contributed by atoms with E-state index < -0.39 is 63.1 Å². The van der Waals surface area contributed by atoms with Crippen molar-refractivity contribution < 1.29 is 58.3 Å². The SMILES string of the molecule is CC/C=C\C/C=C\C/C=C\C/C=C\CCCCCCCCCCC(=O)OC(COCCCCCCCCCCCC/C=C\CCCCCCCCCC)COP(=O)(O)OC1C(O)C(O)C(O)C(O)C1O. The summed E-state index contributed by atoms with van der Waals surface area (Å²) in [5.41, 5.74) is 0. The third-order valence-electron chi connectivity index (χ3n) is 12.9. The van der Waals surface area contributed by atoms with Crippen LogP contribution in [0.4, 0.5) is 0 Å². The smallest absolute Gasteiger partial charge is 0.457 e. The maximum Gasteiger partial charge on any atom is 0.472 e. The normalized spacial score (nSPS) is 21.3. The highest BCUT2D eigenvalue weighted by atomic mass is 31.2. The minimum atomic E-state index is -5.03. The van der Waals surface area contributed by atoms with Gasteiger partial charge in [0.15, 0.2) is 0 Å². The third-order valence-corrected chi connectivity index (χ3v) is 13.9. The Hall–Kier alpha value is -1.96. The predicted octanol–water partition coefficient (Wildman–Crippen LogP) is 13.3. The number of esters is 1. The number of aliphatic hydroxyl groups is 5. The first-order chi connectivity index (χ1) is 34.0. The zero-order valence-electron chi connectivity index (χ0n) is 44.1. The van der Waals surface area contributed by atoms with Crippen molar-refractivity contribution in [3.63, 3.8) is 0 Å². The van der Waals surface area contributed by atoms with Gasteiger partial charge in [-0.3, -0.25) is 13.8 Å². The number of carbonyl (C=O) groups excluding carboxylic acids is 1. The highest BCUT2D eigenvalue weighted by Crippen LogP contribution is 2.47. The number of ether oxygens (including phenoxy) is 2. The fourth-order valence-corrected chi connectivity index (χ4v) is 9.43. The van der Waals surface area contributed by atoms with E-state index in [1.165, 1.54) is 128 Å². The number of phosphoric acid groups is 1. The van der Waals surface area contributed by atoms with Gasteiger partial charge in [0.2, 0.25) is 0 Å². The van der Waals surface area contributed by atoms with Crippen LogP contribution in [0.15, 0.2) is 60.8 Å². The van der Waals surface area contributed by atoms with E-state index in [0.29, 0.717) is 13.0 Å². The van der Waals surface area contributed by atoms with Crippen LogP contribution in [0.1, 0.15) is 232 Å². The van der Waals surface area contributed by atoms with E-state index in [2.05, 4.69) is 74.6 Å². The summed E-state index contributed by atoms with van der Waals surface area (Å²) in [6, 6.07) is 0. The average molecular weight is 1010 g/mol. The fourth-order valence-electron chi connectivity index (χ4n) is 8.46. The van der Waals surface area contributed by atoms with Gasteiger partial charge in [-0.15, -0.1) is 0 Å². The Morgan fingerprint density at radius 2 is 0.843 bits per heavy atom. The van der Waals surface area contributed by atoms with Crippen LogP contribution < -0.4 is 0 Å². The van der Waals surface area contributed by atoms with Crippen molar-refractivity contribution in [3.8, 4) is 0 Å². The van der Waals surface area contributed by atoms with E-state index in [1.807, 2.05) is 0 Å². The molecule has 0 amide bonds. The molecule has 70 heavy (non-hydrogen) atoms. The molecule has 6 N–H and O–H groups in total. The number of hydrogen-bond acceptors (Lipinski definition) is 11. The second-order valence-corrected chi connectivity index (χ2v) is 20.8. The molecule has 1 aliphatic carbocycles. The number of aliphatic hydroxyl groups excluding tert-OH is 5. The monoisotopic (exact) mass is 1010 g/mol. The molecule has 0 bridgehead atoms. The number of hydrogen-bond donors (Lipinski definition) is 6. The summed E-state index contributed by atoms with van der Waals surface area (Å²) in [5, 5.41) is 50.4. The van der Waals surface area contributed by atoms with Crippen molar-refractivity contribution in [1.29, 1.82) is 0 Å². The molecule has 6 atom stereocenters. The minimum Gasteiger partial charge on any atom is -0.457 e. The number of phosphoric ester groups is 1. The average Bonchev–Trinajstić information content (AvgIpc) is 3.35. The van der Waals surface area contributed by atoms with Gasteiger partial charge in [0, 0.05) is 13.0 Å². The van der Waals surface area contributed by atoms with Crippen LogP contribution in [-0.2, 0) is 27.9 Å². The summed E-state index contributed by atoms with van der Waals surface area (Å²) >= 11 is 0. The standard InChI is InChI=1S/C57H103O12P/c1-3-5-7-9-11-13-15-17-19-21-23-25-27-29-31-33-35-37-39-41-43-45-47-66-48-50(49-67-70(64,65)69-57-55(62)53(60)52(59)54(61)56(57)63)68-51(58)46-44-42-40-38-36-34-32-30-28-26-24-22-20-18-16-14-12-10-8-6-4-2/h6,8,12,14,18,20-21,23-24,26,50,52-57,59-63H,3-5,7,9-11,13,15-17,19,22,25,27-49H2,1-2H3,(H,64,65)/b8-6-,14-12-,20-18-,23-21-,26-24-. The molecule has 12 nitrogen and oxygen atoms in total. The van der Waals surface area contributed by atoms with E-state index >= 15 is 0 Å². The molecule has 13 heteroatoms. The summed E-state index contributed by atoms with van der Waals surface area (Å²) in [6.07, 6.45) is 48.6. The molecule has 0 saturated heterocycles. The Morgan fingerprint density at radius 1 is 0.471 bits per heavy atom. The molecular formula is C57H103O12P. The van der Waals surface area contributed by atoms with Crippen molar-refractivity contribution >= 4 is 13.8 Å². The third kappa shape index (κ3) is 37.7. The largest absolute Gasteiger partial charge is 0.472 e. The summed E-state index contributed by atoms with van der Waals surface area (Å²) in [5.74, 6) is -0.485. The van der Waals surface area contributed by atoms with Gasteiger partial charge in [0.25, 0.3) is 0 Å². The first-order valence-corrected chi connectivity index (χ1v) is 29.6. The van der Waals surface area contributed by atoms with Crippen LogP contribution >= 0.6 is 7.82 Å². The lowest BCUT2D eigenvalue weighted by atomic mass is 9.85. The molecule has 1 aliphatic rings. The van der Waals surface area contributed by atoms with Crippen LogP contribution in [-0.4, -0.2) is 98.9 Å². The molecule has 0 heterocycles. The van der Waals surface area contributed by atoms with Crippen molar-refractivity contribution in [2.75, 3.05) is 19.8 Å². The molecule has 408 valence electrons. The zero-order chi connectivity index (χ0) is 51.2. The lowest BCUT2D eigenvalue weighted by molar-refractivity contribution is -0.220. The minimum absolute atomic E-state index is 0.0820. The van der Waals surface area contributed by atoms with Crippen LogP contribution in [0.5, 0.6) is 0 Å². The summed E-state index contributed by atoms with van der Waals surface area (Å²) in [6.45, 7) is 4.17. The van der Waals surface area contributed by atoms with Crippen molar-refractivity contribution in [1.82, 2.24) is 0 Å². The van der Waals surface area contributed by atoms with Gasteiger partial charge in [-0.1, -0.05) is 209 Å². The van der Waals surface area contributed by atoms with E-state index in [-0.39, 0.29) is 13.0 Å². The molecule has 1 saturated carbocycles. The first-order valence-electron chi connectivity index (χ1n) is 28.1. The number of unbranched alkanes of at least 4 members (excludes halogenated alkanes) is 26. The Balaban J connectivity index is 2.30. The molecule has 0 aromatic rings. The topological polar surface area (TPSA) is 192 Å². The summed E-state index contributed by atoms with van der Waals surface area (Å²) in [7, 11) is -5.03. The predicted molar refractivity (Wildman–Crippen MR) is 285 cm³/mol. The molecular weight excluding hydrogens is 908 g/mol. The van der Waals surface area contributed by atoms with Crippen molar-refractivity contribution in [2.45, 2.75) is 275 Å². The Morgan fingerprint density at radius 3 is 1.30 bits per heavy atom. The first kappa shape index (κ1) is 66.1. The molecule has 6 unspecified atom stereocenters. The van der Waals surface area contributed by atoms with Gasteiger partial charge in [-0.2, -0.15) is 0 Å². The van der Waals surface area contributed by atoms with Gasteiger partial charge in [0.1, 0.15) is 42.7 Å². The summed E-state index contributed by atoms with van der Waals surface area (Å²) in [4.78, 5) is 23.3. The quantitative estimate of drug-likeness (QED) is 0.0146. The van der Waals surface area contributed by atoms with E-state index in [0.717, 1.165) is 77.0 Å². The van der Waals surface area contributed by atoms with E-state index in [9.17, 15) is 39.8 Å². The highest BCUT2D eigenvalue weighted by Gasteiger charge is 2.51.